The normalized spacial score (nSPS) is 19.5. The number of piperazine rings is 1. The van der Waals surface area contributed by atoms with E-state index in [-0.39, 0.29) is 5.97 Å². The van der Waals surface area contributed by atoms with Crippen molar-refractivity contribution in [3.8, 4) is 10.7 Å². The molecule has 1 fully saturated rings. The Balaban J connectivity index is 1.51. The second-order valence-corrected chi connectivity index (χ2v) is 6.88. The van der Waals surface area contributed by atoms with Crippen LogP contribution >= 0.6 is 11.3 Å². The highest BCUT2D eigenvalue weighted by atomic mass is 32.1. The maximum atomic E-state index is 11.3. The number of aromatic nitrogens is 2. The van der Waals surface area contributed by atoms with Gasteiger partial charge in [-0.2, -0.15) is 4.98 Å². The van der Waals surface area contributed by atoms with Gasteiger partial charge in [-0.05, 0) is 18.4 Å². The third-order valence-electron chi connectivity index (χ3n) is 4.26. The second kappa shape index (κ2) is 7.87. The molecule has 1 saturated heterocycles. The minimum absolute atomic E-state index is 0.156. The molecule has 2 aromatic heterocycles. The smallest absolute Gasteiger partial charge is 0.306 e. The van der Waals surface area contributed by atoms with E-state index >= 15 is 0 Å². The molecule has 1 aliphatic rings. The number of carbonyl (C=O) groups excluding carboxylic acids is 1. The fourth-order valence-corrected chi connectivity index (χ4v) is 3.51. The fourth-order valence-electron chi connectivity index (χ4n) is 2.86. The molecule has 3 heterocycles. The molecule has 0 aliphatic carbocycles. The first-order chi connectivity index (χ1) is 11.7. The average molecular weight is 350 g/mol. The molecule has 0 radical (unpaired) electrons. The first kappa shape index (κ1) is 17.1. The number of carbonyl (C=O) groups is 1. The summed E-state index contributed by atoms with van der Waals surface area (Å²) in [5, 5.41) is 6.06. The number of hydrogen-bond acceptors (Lipinski definition) is 8. The van der Waals surface area contributed by atoms with Gasteiger partial charge in [-0.3, -0.25) is 14.6 Å². The van der Waals surface area contributed by atoms with E-state index in [1.165, 1.54) is 7.11 Å². The van der Waals surface area contributed by atoms with E-state index in [0.29, 0.717) is 30.7 Å². The number of methoxy groups -OCH3 is 1. The van der Waals surface area contributed by atoms with Crippen LogP contribution in [0.1, 0.15) is 19.2 Å². The second-order valence-electron chi connectivity index (χ2n) is 5.94. The quantitative estimate of drug-likeness (QED) is 0.737. The zero-order valence-corrected chi connectivity index (χ0v) is 14.8. The van der Waals surface area contributed by atoms with Gasteiger partial charge in [0.1, 0.15) is 0 Å². The van der Waals surface area contributed by atoms with Gasteiger partial charge in [0, 0.05) is 32.2 Å². The Morgan fingerprint density at radius 3 is 3.08 bits per heavy atom. The third-order valence-corrected chi connectivity index (χ3v) is 5.12. The van der Waals surface area contributed by atoms with Gasteiger partial charge in [0.25, 0.3) is 0 Å². The van der Waals surface area contributed by atoms with Crippen LogP contribution in [-0.4, -0.2) is 65.2 Å². The molecule has 8 heteroatoms. The maximum absolute atomic E-state index is 11.3. The van der Waals surface area contributed by atoms with E-state index < -0.39 is 0 Å². The Morgan fingerprint density at radius 1 is 1.50 bits per heavy atom. The Bertz CT molecular complexity index is 658. The largest absolute Gasteiger partial charge is 0.469 e. The van der Waals surface area contributed by atoms with Crippen LogP contribution in [0.15, 0.2) is 22.0 Å². The van der Waals surface area contributed by atoms with Crippen molar-refractivity contribution < 1.29 is 14.1 Å². The van der Waals surface area contributed by atoms with Gasteiger partial charge in [0.2, 0.25) is 11.7 Å². The average Bonchev–Trinajstić information content (AvgIpc) is 3.26. The summed E-state index contributed by atoms with van der Waals surface area (Å²) in [4.78, 5) is 21.4. The zero-order chi connectivity index (χ0) is 16.9. The molecule has 0 unspecified atom stereocenters. The van der Waals surface area contributed by atoms with Gasteiger partial charge >= 0.3 is 5.97 Å². The summed E-state index contributed by atoms with van der Waals surface area (Å²) in [6.45, 7) is 6.34. The molecule has 24 heavy (non-hydrogen) atoms. The summed E-state index contributed by atoms with van der Waals surface area (Å²) in [5.41, 5.74) is 0. The van der Waals surface area contributed by atoms with Crippen LogP contribution in [0, 0.1) is 0 Å². The maximum Gasteiger partial charge on any atom is 0.306 e. The highest BCUT2D eigenvalue weighted by Gasteiger charge is 2.25. The number of esters is 1. The lowest BCUT2D eigenvalue weighted by atomic mass is 10.2. The van der Waals surface area contributed by atoms with Gasteiger partial charge in [0.15, 0.2) is 0 Å². The van der Waals surface area contributed by atoms with E-state index in [0.717, 1.165) is 31.1 Å². The summed E-state index contributed by atoms with van der Waals surface area (Å²) in [7, 11) is 1.43. The SMILES string of the molecule is COC(=O)CCN1CCN(Cc2nc(-c3cccs3)no2)[C@H](C)C1. The highest BCUT2D eigenvalue weighted by molar-refractivity contribution is 7.13. The number of ether oxygens (including phenoxy) is 1. The van der Waals surface area contributed by atoms with E-state index in [4.69, 9.17) is 9.26 Å². The number of thiophene rings is 1. The molecule has 7 nitrogen and oxygen atoms in total. The minimum Gasteiger partial charge on any atom is -0.469 e. The topological polar surface area (TPSA) is 71.7 Å². The van der Waals surface area contributed by atoms with Crippen molar-refractivity contribution >= 4 is 17.3 Å². The summed E-state index contributed by atoms with van der Waals surface area (Å²) < 4.78 is 10.1. The molecule has 0 bridgehead atoms. The van der Waals surface area contributed by atoms with E-state index in [2.05, 4.69) is 26.9 Å². The van der Waals surface area contributed by atoms with Crippen LogP contribution in [0.3, 0.4) is 0 Å². The lowest BCUT2D eigenvalue weighted by Gasteiger charge is -2.39. The lowest BCUT2D eigenvalue weighted by molar-refractivity contribution is -0.141. The third kappa shape index (κ3) is 4.19. The molecular weight excluding hydrogens is 328 g/mol. The van der Waals surface area contributed by atoms with Crippen molar-refractivity contribution in [1.29, 1.82) is 0 Å². The molecule has 0 aromatic carbocycles. The fraction of sp³-hybridized carbons (Fsp3) is 0.562. The van der Waals surface area contributed by atoms with Gasteiger partial charge < -0.3 is 9.26 Å². The van der Waals surface area contributed by atoms with Crippen LogP contribution < -0.4 is 0 Å². The summed E-state index contributed by atoms with van der Waals surface area (Å²) in [5.74, 6) is 1.15. The van der Waals surface area contributed by atoms with E-state index in [9.17, 15) is 4.79 Å². The van der Waals surface area contributed by atoms with E-state index in [1.54, 1.807) is 11.3 Å². The first-order valence-corrected chi connectivity index (χ1v) is 8.93. The van der Waals surface area contributed by atoms with Crippen LogP contribution in [0.25, 0.3) is 10.7 Å². The van der Waals surface area contributed by atoms with Gasteiger partial charge in [-0.1, -0.05) is 11.2 Å². The van der Waals surface area contributed by atoms with Crippen LogP contribution in [0.5, 0.6) is 0 Å². The summed E-state index contributed by atoms with van der Waals surface area (Å²) >= 11 is 1.60. The molecule has 3 rings (SSSR count). The Morgan fingerprint density at radius 2 is 2.38 bits per heavy atom. The van der Waals surface area contributed by atoms with Gasteiger partial charge in [0.05, 0.1) is 25.0 Å². The highest BCUT2D eigenvalue weighted by Crippen LogP contribution is 2.22. The molecular formula is C16H22N4O3S. The Labute approximate surface area is 145 Å². The molecule has 0 saturated carbocycles. The molecule has 0 amide bonds. The lowest BCUT2D eigenvalue weighted by Crippen LogP contribution is -2.51. The van der Waals surface area contributed by atoms with Crippen molar-refractivity contribution in [3.05, 3.63) is 23.4 Å². The predicted octanol–water partition coefficient (Wildman–Crippen LogP) is 1.87. The molecule has 1 aliphatic heterocycles. The number of hydrogen-bond donors (Lipinski definition) is 0. The monoisotopic (exact) mass is 350 g/mol. The Hall–Kier alpha value is -1.77. The van der Waals surface area contributed by atoms with Crippen LogP contribution in [0.2, 0.25) is 0 Å². The van der Waals surface area contributed by atoms with Crippen molar-refractivity contribution in [1.82, 2.24) is 19.9 Å². The zero-order valence-electron chi connectivity index (χ0n) is 14.0. The van der Waals surface area contributed by atoms with Crippen molar-refractivity contribution in [3.63, 3.8) is 0 Å². The summed E-state index contributed by atoms with van der Waals surface area (Å²) in [6, 6.07) is 4.33. The van der Waals surface area contributed by atoms with Crippen LogP contribution in [-0.2, 0) is 16.1 Å². The standard InChI is InChI=1S/C16H22N4O3S/c1-12-10-19(6-5-15(21)22-2)7-8-20(12)11-14-17-16(18-23-14)13-4-3-9-24-13/h3-4,9,12H,5-8,10-11H2,1-2H3/t12-/m1/s1. The van der Waals surface area contributed by atoms with Crippen molar-refractivity contribution in [2.75, 3.05) is 33.3 Å². The Kier molecular flexibility index (Phi) is 5.60. The van der Waals surface area contributed by atoms with Crippen molar-refractivity contribution in [2.45, 2.75) is 25.9 Å². The van der Waals surface area contributed by atoms with Crippen molar-refractivity contribution in [2.24, 2.45) is 0 Å². The molecule has 0 N–H and O–H groups in total. The molecule has 2 aromatic rings. The summed E-state index contributed by atoms with van der Waals surface area (Å²) in [6.07, 6.45) is 0.442. The number of nitrogens with zero attached hydrogens (tertiary/aromatic N) is 4. The van der Waals surface area contributed by atoms with Crippen LogP contribution in [0.4, 0.5) is 0 Å². The van der Waals surface area contributed by atoms with Gasteiger partial charge in [-0.15, -0.1) is 11.3 Å². The molecule has 1 atom stereocenters. The predicted molar refractivity (Wildman–Crippen MR) is 90.6 cm³/mol. The number of rotatable bonds is 6. The minimum atomic E-state index is -0.156. The molecule has 130 valence electrons. The first-order valence-electron chi connectivity index (χ1n) is 8.05. The molecule has 0 spiro atoms. The van der Waals surface area contributed by atoms with E-state index in [1.807, 2.05) is 17.5 Å². The van der Waals surface area contributed by atoms with Gasteiger partial charge in [-0.25, -0.2) is 0 Å².